The van der Waals surface area contributed by atoms with Crippen molar-refractivity contribution in [2.75, 3.05) is 0 Å². The summed E-state index contributed by atoms with van der Waals surface area (Å²) in [4.78, 5) is 9.05. The van der Waals surface area contributed by atoms with Gasteiger partial charge in [0.25, 0.3) is 0 Å². The zero-order valence-corrected chi connectivity index (χ0v) is 8.46. The van der Waals surface area contributed by atoms with Gasteiger partial charge in [-0.2, -0.15) is 0 Å². The zero-order chi connectivity index (χ0) is 8.72. The Labute approximate surface area is 83.2 Å². The van der Waals surface area contributed by atoms with E-state index in [0.29, 0.717) is 16.0 Å². The Bertz CT molecular complexity index is 438. The van der Waals surface area contributed by atoms with Crippen molar-refractivity contribution in [2.45, 2.75) is 6.92 Å². The lowest BCUT2D eigenvalue weighted by atomic mass is 10.4. The lowest BCUT2D eigenvalue weighted by molar-refractivity contribution is 1.10. The standard InChI is InChI=1S/C7H4Cl2N2S/c1-3-10-6(9)5-4(8)2-12-7(5)11-3/h2H,1H3. The molecular weight excluding hydrogens is 215 g/mol. The third-order valence-corrected chi connectivity index (χ3v) is 3.03. The van der Waals surface area contributed by atoms with Gasteiger partial charge in [0.15, 0.2) is 0 Å². The first-order valence-corrected chi connectivity index (χ1v) is 4.89. The van der Waals surface area contributed by atoms with Gasteiger partial charge < -0.3 is 0 Å². The van der Waals surface area contributed by atoms with Crippen LogP contribution in [0.5, 0.6) is 0 Å². The first kappa shape index (κ1) is 8.23. The van der Waals surface area contributed by atoms with Gasteiger partial charge in [0.1, 0.15) is 15.8 Å². The van der Waals surface area contributed by atoms with Crippen LogP contribution in [0.15, 0.2) is 5.38 Å². The van der Waals surface area contributed by atoms with Crippen LogP contribution in [-0.2, 0) is 0 Å². The molecule has 2 aromatic rings. The SMILES string of the molecule is Cc1nc(Cl)c2c(Cl)csc2n1. The van der Waals surface area contributed by atoms with E-state index in [9.17, 15) is 0 Å². The number of thiophene rings is 1. The van der Waals surface area contributed by atoms with Crippen LogP contribution in [0.4, 0.5) is 0 Å². The normalized spacial score (nSPS) is 10.9. The molecule has 0 aromatic carbocycles. The summed E-state index contributed by atoms with van der Waals surface area (Å²) in [5.41, 5.74) is 0. The summed E-state index contributed by atoms with van der Waals surface area (Å²) in [5, 5.41) is 3.63. The van der Waals surface area contributed by atoms with E-state index >= 15 is 0 Å². The average Bonchev–Trinajstić information content (AvgIpc) is 2.31. The molecule has 0 saturated heterocycles. The minimum absolute atomic E-state index is 0.434. The molecule has 0 saturated carbocycles. The van der Waals surface area contributed by atoms with Gasteiger partial charge in [-0.1, -0.05) is 23.2 Å². The highest BCUT2D eigenvalue weighted by Crippen LogP contribution is 2.32. The molecule has 0 atom stereocenters. The number of aryl methyl sites for hydroxylation is 1. The van der Waals surface area contributed by atoms with Crippen molar-refractivity contribution in [3.8, 4) is 0 Å². The fourth-order valence-corrected chi connectivity index (χ4v) is 2.60. The molecule has 2 nitrogen and oxygen atoms in total. The van der Waals surface area contributed by atoms with Gasteiger partial charge in [-0.15, -0.1) is 11.3 Å². The second-order valence-corrected chi connectivity index (χ2v) is 3.95. The number of nitrogens with zero attached hydrogens (tertiary/aromatic N) is 2. The molecule has 0 bridgehead atoms. The van der Waals surface area contributed by atoms with Crippen LogP contribution in [0.25, 0.3) is 10.2 Å². The summed E-state index contributed by atoms with van der Waals surface area (Å²) in [6.07, 6.45) is 0. The van der Waals surface area contributed by atoms with Crippen LogP contribution in [0.1, 0.15) is 5.82 Å². The molecule has 2 rings (SSSR count). The molecule has 5 heteroatoms. The molecule has 0 spiro atoms. The minimum atomic E-state index is 0.434. The van der Waals surface area contributed by atoms with Crippen LogP contribution >= 0.6 is 34.5 Å². The van der Waals surface area contributed by atoms with Gasteiger partial charge in [-0.05, 0) is 6.92 Å². The van der Waals surface area contributed by atoms with Crippen molar-refractivity contribution >= 4 is 44.8 Å². The summed E-state index contributed by atoms with van der Waals surface area (Å²) in [7, 11) is 0. The molecule has 0 unspecified atom stereocenters. The number of aromatic nitrogens is 2. The van der Waals surface area contributed by atoms with E-state index < -0.39 is 0 Å². The van der Waals surface area contributed by atoms with E-state index in [4.69, 9.17) is 23.2 Å². The van der Waals surface area contributed by atoms with E-state index in [1.807, 2.05) is 5.38 Å². The first-order chi connectivity index (χ1) is 5.68. The van der Waals surface area contributed by atoms with E-state index in [0.717, 1.165) is 10.2 Å². The number of halogens is 2. The third kappa shape index (κ3) is 1.18. The van der Waals surface area contributed by atoms with E-state index in [1.165, 1.54) is 11.3 Å². The largest absolute Gasteiger partial charge is 0.222 e. The Morgan fingerprint density at radius 3 is 2.83 bits per heavy atom. The number of fused-ring (bicyclic) bond motifs is 1. The maximum Gasteiger partial charge on any atom is 0.142 e. The van der Waals surface area contributed by atoms with Gasteiger partial charge in [0, 0.05) is 5.38 Å². The van der Waals surface area contributed by atoms with Gasteiger partial charge in [-0.25, -0.2) is 9.97 Å². The Hall–Kier alpha value is -0.380. The zero-order valence-electron chi connectivity index (χ0n) is 6.14. The maximum absolute atomic E-state index is 5.88. The van der Waals surface area contributed by atoms with Crippen molar-refractivity contribution in [3.63, 3.8) is 0 Å². The fraction of sp³-hybridized carbons (Fsp3) is 0.143. The highest BCUT2D eigenvalue weighted by molar-refractivity contribution is 7.17. The molecule has 0 aliphatic heterocycles. The van der Waals surface area contributed by atoms with Gasteiger partial charge in [0.05, 0.1) is 10.4 Å². The number of rotatable bonds is 0. The Balaban J connectivity index is 2.93. The molecule has 62 valence electrons. The smallest absolute Gasteiger partial charge is 0.142 e. The summed E-state index contributed by atoms with van der Waals surface area (Å²) in [6, 6.07) is 0. The summed E-state index contributed by atoms with van der Waals surface area (Å²) >= 11 is 13.2. The molecule has 12 heavy (non-hydrogen) atoms. The molecular formula is C7H4Cl2N2S. The summed E-state index contributed by atoms with van der Waals surface area (Å²) in [6.45, 7) is 1.80. The Morgan fingerprint density at radius 2 is 2.08 bits per heavy atom. The van der Waals surface area contributed by atoms with E-state index in [-0.39, 0.29) is 0 Å². The topological polar surface area (TPSA) is 25.8 Å². The van der Waals surface area contributed by atoms with Crippen molar-refractivity contribution in [1.82, 2.24) is 9.97 Å². The van der Waals surface area contributed by atoms with E-state index in [1.54, 1.807) is 6.92 Å². The van der Waals surface area contributed by atoms with Crippen molar-refractivity contribution < 1.29 is 0 Å². The molecule has 0 fully saturated rings. The summed E-state index contributed by atoms with van der Waals surface area (Å²) in [5.74, 6) is 0.672. The summed E-state index contributed by atoms with van der Waals surface area (Å²) < 4.78 is 0. The molecule has 0 N–H and O–H groups in total. The fourth-order valence-electron chi connectivity index (χ4n) is 0.967. The predicted molar refractivity (Wildman–Crippen MR) is 52.2 cm³/mol. The average molecular weight is 219 g/mol. The van der Waals surface area contributed by atoms with Crippen LogP contribution < -0.4 is 0 Å². The molecule has 0 amide bonds. The van der Waals surface area contributed by atoms with Crippen LogP contribution in [0, 0.1) is 6.92 Å². The molecule has 2 heterocycles. The van der Waals surface area contributed by atoms with Gasteiger partial charge in [0.2, 0.25) is 0 Å². The third-order valence-electron chi connectivity index (χ3n) is 1.46. The van der Waals surface area contributed by atoms with Crippen LogP contribution in [0.2, 0.25) is 10.2 Å². The van der Waals surface area contributed by atoms with Crippen LogP contribution in [-0.4, -0.2) is 9.97 Å². The second-order valence-electron chi connectivity index (χ2n) is 2.33. The predicted octanol–water partition coefficient (Wildman–Crippen LogP) is 3.31. The first-order valence-electron chi connectivity index (χ1n) is 3.25. The second kappa shape index (κ2) is 2.83. The van der Waals surface area contributed by atoms with Gasteiger partial charge >= 0.3 is 0 Å². The quantitative estimate of drug-likeness (QED) is 0.635. The molecule has 2 aromatic heterocycles. The monoisotopic (exact) mass is 218 g/mol. The highest BCUT2D eigenvalue weighted by Gasteiger charge is 2.08. The Morgan fingerprint density at radius 1 is 1.33 bits per heavy atom. The number of hydrogen-bond donors (Lipinski definition) is 0. The van der Waals surface area contributed by atoms with E-state index in [2.05, 4.69) is 9.97 Å². The molecule has 0 radical (unpaired) electrons. The Kier molecular flexibility index (Phi) is 1.94. The number of hydrogen-bond acceptors (Lipinski definition) is 3. The minimum Gasteiger partial charge on any atom is -0.222 e. The van der Waals surface area contributed by atoms with Gasteiger partial charge in [-0.3, -0.25) is 0 Å². The van der Waals surface area contributed by atoms with Crippen LogP contribution in [0.3, 0.4) is 0 Å². The highest BCUT2D eigenvalue weighted by atomic mass is 35.5. The maximum atomic E-state index is 5.88. The van der Waals surface area contributed by atoms with Crippen molar-refractivity contribution in [3.05, 3.63) is 21.4 Å². The lowest BCUT2D eigenvalue weighted by Crippen LogP contribution is -1.86. The molecule has 0 aliphatic rings. The van der Waals surface area contributed by atoms with Crippen molar-refractivity contribution in [2.24, 2.45) is 0 Å². The molecule has 0 aliphatic carbocycles. The van der Waals surface area contributed by atoms with Crippen molar-refractivity contribution in [1.29, 1.82) is 0 Å². The lowest BCUT2D eigenvalue weighted by Gasteiger charge is -1.94.